The summed E-state index contributed by atoms with van der Waals surface area (Å²) in [5, 5.41) is 0. The first-order valence-corrected chi connectivity index (χ1v) is 8.02. The average Bonchev–Trinajstić information content (AvgIpc) is 2.37. The molecule has 1 aromatic rings. The Kier molecular flexibility index (Phi) is 6.67. The Morgan fingerprint density at radius 3 is 2.10 bits per heavy atom. The van der Waals surface area contributed by atoms with E-state index in [1.807, 2.05) is 6.07 Å². The Bertz CT molecular complexity index is 433. The molecule has 0 aliphatic rings. The van der Waals surface area contributed by atoms with Crippen LogP contribution in [0.1, 0.15) is 54.0 Å². The van der Waals surface area contributed by atoms with Crippen molar-refractivity contribution in [2.45, 2.75) is 61.2 Å². The molecule has 0 saturated heterocycles. The maximum absolute atomic E-state index is 6.33. The highest BCUT2D eigenvalue weighted by atomic mass is 16.5. The minimum absolute atomic E-state index is 0.197. The SMILES string of the molecule is CC(C)=C[C@@H]([C@@H](OCc1ccccc1)C(C)C)C(C)(C)C. The standard InChI is InChI=1S/C20H32O/c1-15(2)13-18(20(5,6)7)19(16(3)4)21-14-17-11-9-8-10-12-17/h8-13,16,18-19H,14H2,1-7H3/t18-,19-/m0/s1. The number of benzene rings is 1. The van der Waals surface area contributed by atoms with Crippen LogP contribution in [0.5, 0.6) is 0 Å². The lowest BCUT2D eigenvalue weighted by Crippen LogP contribution is -2.36. The highest BCUT2D eigenvalue weighted by molar-refractivity contribution is 5.13. The molecule has 21 heavy (non-hydrogen) atoms. The van der Waals surface area contributed by atoms with Gasteiger partial charge in [-0.1, -0.05) is 76.6 Å². The molecule has 0 amide bonds. The van der Waals surface area contributed by atoms with Gasteiger partial charge in [0, 0.05) is 5.92 Å². The summed E-state index contributed by atoms with van der Waals surface area (Å²) in [6.45, 7) is 16.5. The van der Waals surface area contributed by atoms with E-state index in [4.69, 9.17) is 4.74 Å². The molecule has 0 N–H and O–H groups in total. The Morgan fingerprint density at radius 1 is 1.10 bits per heavy atom. The van der Waals surface area contributed by atoms with Crippen molar-refractivity contribution in [1.82, 2.24) is 0 Å². The van der Waals surface area contributed by atoms with Gasteiger partial charge in [0.15, 0.2) is 0 Å². The topological polar surface area (TPSA) is 9.23 Å². The fourth-order valence-electron chi connectivity index (χ4n) is 2.67. The zero-order valence-corrected chi connectivity index (χ0v) is 14.8. The van der Waals surface area contributed by atoms with E-state index in [-0.39, 0.29) is 11.5 Å². The summed E-state index contributed by atoms with van der Waals surface area (Å²) in [6.07, 6.45) is 2.62. The maximum atomic E-state index is 6.33. The molecule has 0 heterocycles. The van der Waals surface area contributed by atoms with E-state index >= 15 is 0 Å². The lowest BCUT2D eigenvalue weighted by molar-refractivity contribution is -0.0433. The third-order valence-electron chi connectivity index (χ3n) is 3.81. The molecule has 1 heteroatoms. The van der Waals surface area contributed by atoms with Gasteiger partial charge in [-0.15, -0.1) is 0 Å². The molecular formula is C20H32O. The van der Waals surface area contributed by atoms with Crippen LogP contribution < -0.4 is 0 Å². The molecule has 1 rings (SSSR count). The van der Waals surface area contributed by atoms with Gasteiger partial charge in [-0.3, -0.25) is 0 Å². The quantitative estimate of drug-likeness (QED) is 0.596. The molecular weight excluding hydrogens is 256 g/mol. The largest absolute Gasteiger partial charge is 0.373 e. The fourth-order valence-corrected chi connectivity index (χ4v) is 2.67. The second-order valence-corrected chi connectivity index (χ2v) is 7.64. The van der Waals surface area contributed by atoms with E-state index in [2.05, 4.69) is 78.8 Å². The van der Waals surface area contributed by atoms with Gasteiger partial charge >= 0.3 is 0 Å². The van der Waals surface area contributed by atoms with Crippen molar-refractivity contribution in [2.75, 3.05) is 0 Å². The van der Waals surface area contributed by atoms with Crippen LogP contribution in [0.15, 0.2) is 42.0 Å². The van der Waals surface area contributed by atoms with Crippen LogP contribution >= 0.6 is 0 Å². The monoisotopic (exact) mass is 288 g/mol. The van der Waals surface area contributed by atoms with Gasteiger partial charge in [-0.25, -0.2) is 0 Å². The molecule has 0 fully saturated rings. The van der Waals surface area contributed by atoms with Crippen LogP contribution in [0, 0.1) is 17.3 Å². The summed E-state index contributed by atoms with van der Waals surface area (Å²) >= 11 is 0. The average molecular weight is 288 g/mol. The lowest BCUT2D eigenvalue weighted by Gasteiger charge is -2.37. The zero-order chi connectivity index (χ0) is 16.0. The second-order valence-electron chi connectivity index (χ2n) is 7.64. The second kappa shape index (κ2) is 7.79. The van der Waals surface area contributed by atoms with Crippen LogP contribution in [0.3, 0.4) is 0 Å². The minimum Gasteiger partial charge on any atom is -0.373 e. The molecule has 0 saturated carbocycles. The van der Waals surface area contributed by atoms with Gasteiger partial charge in [0.05, 0.1) is 12.7 Å². The van der Waals surface area contributed by atoms with Gasteiger partial charge < -0.3 is 4.74 Å². The summed E-state index contributed by atoms with van der Waals surface area (Å²) in [6, 6.07) is 10.4. The molecule has 118 valence electrons. The van der Waals surface area contributed by atoms with Crippen LogP contribution in [-0.4, -0.2) is 6.10 Å². The van der Waals surface area contributed by atoms with E-state index in [1.54, 1.807) is 0 Å². The Balaban J connectivity index is 2.90. The molecule has 0 bridgehead atoms. The number of hydrogen-bond acceptors (Lipinski definition) is 1. The van der Waals surface area contributed by atoms with Crippen LogP contribution in [-0.2, 0) is 11.3 Å². The van der Waals surface area contributed by atoms with Crippen LogP contribution in [0.25, 0.3) is 0 Å². The number of allylic oxidation sites excluding steroid dienone is 1. The number of rotatable bonds is 6. The molecule has 1 nitrogen and oxygen atoms in total. The molecule has 2 atom stereocenters. The summed E-state index contributed by atoms with van der Waals surface area (Å²) in [4.78, 5) is 0. The first-order chi connectivity index (χ1) is 9.71. The van der Waals surface area contributed by atoms with Crippen molar-refractivity contribution in [3.8, 4) is 0 Å². The van der Waals surface area contributed by atoms with E-state index in [9.17, 15) is 0 Å². The first kappa shape index (κ1) is 18.0. The van der Waals surface area contributed by atoms with E-state index in [0.29, 0.717) is 18.4 Å². The van der Waals surface area contributed by atoms with Crippen molar-refractivity contribution in [3.05, 3.63) is 47.5 Å². The Hall–Kier alpha value is -1.08. The smallest absolute Gasteiger partial charge is 0.0721 e. The van der Waals surface area contributed by atoms with Crippen LogP contribution in [0.4, 0.5) is 0 Å². The van der Waals surface area contributed by atoms with Gasteiger partial charge in [-0.2, -0.15) is 0 Å². The molecule has 0 aliphatic carbocycles. The number of hydrogen-bond donors (Lipinski definition) is 0. The van der Waals surface area contributed by atoms with Crippen LogP contribution in [0.2, 0.25) is 0 Å². The summed E-state index contributed by atoms with van der Waals surface area (Å²) in [7, 11) is 0. The molecule has 0 spiro atoms. The molecule has 0 aliphatic heterocycles. The molecule has 0 unspecified atom stereocenters. The zero-order valence-electron chi connectivity index (χ0n) is 14.8. The normalized spacial score (nSPS) is 14.9. The van der Waals surface area contributed by atoms with E-state index in [0.717, 1.165) is 0 Å². The molecule has 1 aromatic carbocycles. The van der Waals surface area contributed by atoms with Crippen molar-refractivity contribution in [3.63, 3.8) is 0 Å². The highest BCUT2D eigenvalue weighted by Gasteiger charge is 2.33. The van der Waals surface area contributed by atoms with Gasteiger partial charge in [-0.05, 0) is 30.7 Å². The van der Waals surface area contributed by atoms with Gasteiger partial charge in [0.1, 0.15) is 0 Å². The maximum Gasteiger partial charge on any atom is 0.0721 e. The summed E-state index contributed by atoms with van der Waals surface area (Å²) in [5.74, 6) is 0.916. The highest BCUT2D eigenvalue weighted by Crippen LogP contribution is 2.35. The predicted octanol–water partition coefficient (Wildman–Crippen LogP) is 5.86. The molecule has 0 aromatic heterocycles. The van der Waals surface area contributed by atoms with E-state index < -0.39 is 0 Å². The number of ether oxygens (including phenoxy) is 1. The first-order valence-electron chi connectivity index (χ1n) is 8.02. The van der Waals surface area contributed by atoms with Gasteiger partial charge in [0.25, 0.3) is 0 Å². The van der Waals surface area contributed by atoms with Gasteiger partial charge in [0.2, 0.25) is 0 Å². The van der Waals surface area contributed by atoms with E-state index in [1.165, 1.54) is 11.1 Å². The third-order valence-corrected chi connectivity index (χ3v) is 3.81. The minimum atomic E-state index is 0.197. The van der Waals surface area contributed by atoms with Crippen molar-refractivity contribution >= 4 is 0 Å². The van der Waals surface area contributed by atoms with Crippen molar-refractivity contribution < 1.29 is 4.74 Å². The van der Waals surface area contributed by atoms with Crippen molar-refractivity contribution in [1.29, 1.82) is 0 Å². The predicted molar refractivity (Wildman–Crippen MR) is 92.2 cm³/mol. The third kappa shape index (κ3) is 6.05. The fraction of sp³-hybridized carbons (Fsp3) is 0.600. The Morgan fingerprint density at radius 2 is 1.67 bits per heavy atom. The summed E-state index contributed by atoms with van der Waals surface area (Å²) in [5.41, 5.74) is 2.81. The lowest BCUT2D eigenvalue weighted by atomic mass is 9.73. The van der Waals surface area contributed by atoms with Crippen molar-refractivity contribution in [2.24, 2.45) is 17.3 Å². The molecule has 0 radical (unpaired) electrons. The summed E-state index contributed by atoms with van der Waals surface area (Å²) < 4.78 is 6.33. The Labute approximate surface area is 131 Å².